The maximum Gasteiger partial charge on any atom is 0.308 e. The van der Waals surface area contributed by atoms with Gasteiger partial charge in [0.1, 0.15) is 6.10 Å². The average Bonchev–Trinajstić information content (AvgIpc) is 2.71. The minimum absolute atomic E-state index is 0.0156. The number of aliphatic hydroxyl groups is 3. The van der Waals surface area contributed by atoms with Crippen LogP contribution in [0.1, 0.15) is 66.2 Å². The van der Waals surface area contributed by atoms with E-state index in [-0.39, 0.29) is 42.5 Å². The smallest absolute Gasteiger partial charge is 0.308 e. The van der Waals surface area contributed by atoms with Gasteiger partial charge in [-0.05, 0) is 43.1 Å². The summed E-state index contributed by atoms with van der Waals surface area (Å²) in [6.07, 6.45) is 4.64. The van der Waals surface area contributed by atoms with E-state index in [0.29, 0.717) is 25.7 Å². The molecule has 194 valence electrons. The van der Waals surface area contributed by atoms with Gasteiger partial charge in [-0.2, -0.15) is 0 Å². The van der Waals surface area contributed by atoms with Gasteiger partial charge in [-0.3, -0.25) is 14.4 Å². The lowest BCUT2D eigenvalue weighted by atomic mass is 9.66. The zero-order valence-electron chi connectivity index (χ0n) is 20.5. The number of aliphatic carboxylic acids is 2. The van der Waals surface area contributed by atoms with Crippen molar-refractivity contribution in [2.75, 3.05) is 0 Å². The van der Waals surface area contributed by atoms with Crippen LogP contribution in [0.25, 0.3) is 0 Å². The van der Waals surface area contributed by atoms with E-state index in [0.717, 1.165) is 12.5 Å². The third-order valence-corrected chi connectivity index (χ3v) is 6.44. The van der Waals surface area contributed by atoms with Crippen LogP contribution in [0, 0.1) is 23.7 Å². The molecular weight excluding hydrogens is 444 g/mol. The van der Waals surface area contributed by atoms with Crippen molar-refractivity contribution in [3.05, 3.63) is 23.8 Å². The summed E-state index contributed by atoms with van der Waals surface area (Å²) in [5.41, 5.74) is 0.958. The zero-order valence-corrected chi connectivity index (χ0v) is 20.5. The van der Waals surface area contributed by atoms with Gasteiger partial charge in [-0.15, -0.1) is 0 Å². The fraction of sp³-hybridized carbons (Fsp3) is 0.720. The number of aliphatic hydroxyl groups excluding tert-OH is 3. The second-order valence-corrected chi connectivity index (χ2v) is 9.40. The Bertz CT molecular complexity index is 741. The lowest BCUT2D eigenvalue weighted by Crippen LogP contribution is -2.43. The number of ether oxygens (including phenoxy) is 1. The predicted molar refractivity (Wildman–Crippen MR) is 125 cm³/mol. The van der Waals surface area contributed by atoms with Crippen molar-refractivity contribution in [3.8, 4) is 0 Å². The van der Waals surface area contributed by atoms with Gasteiger partial charge in [-0.25, -0.2) is 0 Å². The molecule has 2 aliphatic rings. The Morgan fingerprint density at radius 2 is 1.79 bits per heavy atom. The van der Waals surface area contributed by atoms with Crippen LogP contribution in [-0.4, -0.2) is 67.9 Å². The number of hydrogen-bond donors (Lipinski definition) is 5. The molecule has 2 rings (SSSR count). The van der Waals surface area contributed by atoms with Crippen molar-refractivity contribution in [3.63, 3.8) is 0 Å². The van der Waals surface area contributed by atoms with E-state index in [1.807, 2.05) is 26.0 Å². The minimum Gasteiger partial charge on any atom is -0.481 e. The van der Waals surface area contributed by atoms with E-state index in [9.17, 15) is 24.9 Å². The maximum absolute atomic E-state index is 12.4. The van der Waals surface area contributed by atoms with E-state index in [1.165, 1.54) is 0 Å². The summed E-state index contributed by atoms with van der Waals surface area (Å²) in [7, 11) is 0. The van der Waals surface area contributed by atoms with Crippen molar-refractivity contribution in [1.29, 1.82) is 0 Å². The van der Waals surface area contributed by atoms with Gasteiger partial charge in [0.15, 0.2) is 0 Å². The van der Waals surface area contributed by atoms with Gasteiger partial charge in [-0.1, -0.05) is 39.0 Å². The molecule has 0 spiro atoms. The molecule has 2 aliphatic carbocycles. The van der Waals surface area contributed by atoms with Gasteiger partial charge in [0.05, 0.1) is 30.7 Å². The van der Waals surface area contributed by atoms with Crippen LogP contribution in [0.4, 0.5) is 0 Å². The van der Waals surface area contributed by atoms with Crippen molar-refractivity contribution in [1.82, 2.24) is 0 Å². The first kappa shape index (κ1) is 29.8. The fourth-order valence-electron chi connectivity index (χ4n) is 4.52. The molecule has 0 unspecified atom stereocenters. The van der Waals surface area contributed by atoms with Gasteiger partial charge in [0, 0.05) is 19.3 Å². The summed E-state index contributed by atoms with van der Waals surface area (Å²) in [6.45, 7) is 6.93. The molecule has 0 saturated heterocycles. The summed E-state index contributed by atoms with van der Waals surface area (Å²) in [5, 5.41) is 46.5. The number of carboxylic acid groups (broad SMARTS) is 2. The van der Waals surface area contributed by atoms with Crippen LogP contribution in [0.15, 0.2) is 23.8 Å². The molecule has 0 bridgehead atoms. The van der Waals surface area contributed by atoms with E-state index < -0.39 is 36.4 Å². The van der Waals surface area contributed by atoms with Crippen LogP contribution >= 0.6 is 0 Å². The lowest BCUT2D eigenvalue weighted by Gasteiger charge is -2.43. The van der Waals surface area contributed by atoms with Crippen LogP contribution in [0.3, 0.4) is 0 Å². The highest BCUT2D eigenvalue weighted by Gasteiger charge is 2.42. The molecule has 9 nitrogen and oxygen atoms in total. The van der Waals surface area contributed by atoms with Gasteiger partial charge in [0.25, 0.3) is 5.97 Å². The van der Waals surface area contributed by atoms with Crippen molar-refractivity contribution in [2.45, 2.75) is 90.6 Å². The normalized spacial score (nSPS) is 28.3. The van der Waals surface area contributed by atoms with E-state index >= 15 is 0 Å². The lowest BCUT2D eigenvalue weighted by molar-refractivity contribution is -0.159. The molecule has 0 saturated carbocycles. The Kier molecular flexibility index (Phi) is 12.5. The van der Waals surface area contributed by atoms with Crippen molar-refractivity contribution >= 4 is 17.9 Å². The molecular formula is C25H40O9. The van der Waals surface area contributed by atoms with Crippen LogP contribution < -0.4 is 0 Å². The summed E-state index contributed by atoms with van der Waals surface area (Å²) >= 11 is 0. The van der Waals surface area contributed by atoms with Crippen LogP contribution in [0.5, 0.6) is 0 Å². The highest BCUT2D eigenvalue weighted by Crippen LogP contribution is 2.44. The average molecular weight is 485 g/mol. The topological polar surface area (TPSA) is 162 Å². The third kappa shape index (κ3) is 9.95. The number of esters is 1. The monoisotopic (exact) mass is 484 g/mol. The molecule has 0 fully saturated rings. The second kappa shape index (κ2) is 14.2. The Labute approximate surface area is 201 Å². The SMILES string of the molecule is CC(=O)O.CC[C@H](C)C(=O)O[C@H]1C[C@H](O)C=C2C=C[C@H](C)[C@H](CC[C@@H](O)C[C@@H](O)CC(=O)O)[C@H]21. The molecule has 8 atom stereocenters. The largest absolute Gasteiger partial charge is 0.481 e. The highest BCUT2D eigenvalue weighted by molar-refractivity contribution is 5.72. The molecule has 0 aromatic rings. The molecule has 0 aromatic heterocycles. The van der Waals surface area contributed by atoms with E-state index in [2.05, 4.69) is 13.0 Å². The molecule has 0 aromatic carbocycles. The number of carboxylic acids is 2. The molecule has 0 heterocycles. The number of carbonyl (C=O) groups excluding carboxylic acids is 1. The Balaban J connectivity index is 0.00000133. The standard InChI is InChI=1S/C23H36O7.C2H4O2/c1-4-13(2)23(29)30-20-11-17(25)9-15-6-5-14(3)19(22(15)20)8-7-16(24)10-18(26)12-21(27)28;1-2(3)4/h5-6,9,13-14,16-20,22,24-26H,4,7-8,10-12H2,1-3H3,(H,27,28);1H3,(H,3,4)/t13-,14-,16+,17+,18+,19-,20-,22-;/m0./s1. The van der Waals surface area contributed by atoms with Crippen molar-refractivity contribution in [2.24, 2.45) is 23.7 Å². The Morgan fingerprint density at radius 1 is 1.18 bits per heavy atom. The molecule has 0 radical (unpaired) electrons. The zero-order chi connectivity index (χ0) is 26.0. The van der Waals surface area contributed by atoms with Crippen LogP contribution in [-0.2, 0) is 19.1 Å². The quantitative estimate of drug-likeness (QED) is 0.293. The number of allylic oxidation sites excluding steroid dienone is 2. The third-order valence-electron chi connectivity index (χ3n) is 6.44. The molecule has 34 heavy (non-hydrogen) atoms. The maximum atomic E-state index is 12.4. The van der Waals surface area contributed by atoms with Gasteiger partial charge in [0.2, 0.25) is 0 Å². The summed E-state index contributed by atoms with van der Waals surface area (Å²) in [6, 6.07) is 0. The van der Waals surface area contributed by atoms with Crippen molar-refractivity contribution < 1.29 is 44.7 Å². The second-order valence-electron chi connectivity index (χ2n) is 9.40. The number of carbonyl (C=O) groups is 3. The molecule has 9 heteroatoms. The van der Waals surface area contributed by atoms with Gasteiger partial charge >= 0.3 is 11.9 Å². The van der Waals surface area contributed by atoms with E-state index in [4.69, 9.17) is 19.7 Å². The molecule has 5 N–H and O–H groups in total. The highest BCUT2D eigenvalue weighted by atomic mass is 16.5. The fourth-order valence-corrected chi connectivity index (χ4v) is 4.52. The van der Waals surface area contributed by atoms with Gasteiger partial charge < -0.3 is 30.3 Å². The number of hydrogen-bond acceptors (Lipinski definition) is 7. The summed E-state index contributed by atoms with van der Waals surface area (Å²) < 4.78 is 5.84. The minimum atomic E-state index is -1.10. The first-order valence-corrected chi connectivity index (χ1v) is 11.9. The molecule has 0 aliphatic heterocycles. The number of rotatable bonds is 10. The first-order valence-electron chi connectivity index (χ1n) is 11.9. The summed E-state index contributed by atoms with van der Waals surface area (Å²) in [4.78, 5) is 32.1. The van der Waals surface area contributed by atoms with Crippen LogP contribution in [0.2, 0.25) is 0 Å². The first-order chi connectivity index (χ1) is 15.8. The molecule has 0 amide bonds. The Morgan fingerprint density at radius 3 is 2.35 bits per heavy atom. The Hall–Kier alpha value is -2.23. The predicted octanol–water partition coefficient (Wildman–Crippen LogP) is 2.53. The number of fused-ring (bicyclic) bond motifs is 1. The summed E-state index contributed by atoms with van der Waals surface area (Å²) in [5.74, 6) is -2.14. The van der Waals surface area contributed by atoms with E-state index in [1.54, 1.807) is 0 Å².